The molecule has 1 fully saturated rings. The van der Waals surface area contributed by atoms with Gasteiger partial charge in [0.25, 0.3) is 0 Å². The number of halogens is 3. The SMILES string of the molecule is O=S(=O)(Oc1cccc2c1CC1(CC2)OCCO1)C(F)(F)F. The van der Waals surface area contributed by atoms with Crippen LogP contribution in [0.2, 0.25) is 0 Å². The van der Waals surface area contributed by atoms with Gasteiger partial charge in [0, 0.05) is 18.4 Å². The van der Waals surface area contributed by atoms with Gasteiger partial charge in [-0.2, -0.15) is 21.6 Å². The van der Waals surface area contributed by atoms with Crippen molar-refractivity contribution in [2.75, 3.05) is 13.2 Å². The first-order valence-electron chi connectivity index (χ1n) is 6.62. The Balaban J connectivity index is 1.95. The summed E-state index contributed by atoms with van der Waals surface area (Å²) in [7, 11) is -5.70. The van der Waals surface area contributed by atoms with Crippen LogP contribution in [0.3, 0.4) is 0 Å². The molecule has 122 valence electrons. The highest BCUT2D eigenvalue weighted by atomic mass is 32.2. The van der Waals surface area contributed by atoms with Crippen LogP contribution >= 0.6 is 0 Å². The summed E-state index contributed by atoms with van der Waals surface area (Å²) in [4.78, 5) is 0. The maximum absolute atomic E-state index is 12.5. The first-order chi connectivity index (χ1) is 10.2. The summed E-state index contributed by atoms with van der Waals surface area (Å²) >= 11 is 0. The minimum absolute atomic E-state index is 0.159. The van der Waals surface area contributed by atoms with Crippen LogP contribution in [-0.4, -0.2) is 32.9 Å². The molecule has 1 aromatic rings. The quantitative estimate of drug-likeness (QED) is 0.611. The van der Waals surface area contributed by atoms with Crippen LogP contribution in [-0.2, 0) is 32.4 Å². The van der Waals surface area contributed by atoms with E-state index in [2.05, 4.69) is 4.18 Å². The molecule has 0 bridgehead atoms. The molecule has 0 radical (unpaired) electrons. The van der Waals surface area contributed by atoms with E-state index in [1.54, 1.807) is 6.07 Å². The monoisotopic (exact) mass is 338 g/mol. The van der Waals surface area contributed by atoms with Crippen molar-refractivity contribution in [1.82, 2.24) is 0 Å². The predicted octanol–water partition coefficient (Wildman–Crippen LogP) is 2.15. The van der Waals surface area contributed by atoms with Crippen molar-refractivity contribution < 1.29 is 35.2 Å². The van der Waals surface area contributed by atoms with Gasteiger partial charge in [0.05, 0.1) is 13.2 Å². The second kappa shape index (κ2) is 5.10. The fourth-order valence-electron chi connectivity index (χ4n) is 2.72. The molecule has 0 unspecified atom stereocenters. The van der Waals surface area contributed by atoms with Crippen LogP contribution < -0.4 is 4.18 Å². The number of benzene rings is 1. The number of fused-ring (bicyclic) bond motifs is 1. The molecule has 22 heavy (non-hydrogen) atoms. The Morgan fingerprint density at radius 1 is 1.18 bits per heavy atom. The molecule has 1 aliphatic heterocycles. The fourth-order valence-corrected chi connectivity index (χ4v) is 3.20. The summed E-state index contributed by atoms with van der Waals surface area (Å²) in [5.41, 5.74) is -4.36. The van der Waals surface area contributed by atoms with Crippen molar-refractivity contribution in [3.63, 3.8) is 0 Å². The predicted molar refractivity (Wildman–Crippen MR) is 68.7 cm³/mol. The average molecular weight is 338 g/mol. The van der Waals surface area contributed by atoms with Crippen molar-refractivity contribution >= 4 is 10.1 Å². The van der Waals surface area contributed by atoms with E-state index in [0.29, 0.717) is 31.6 Å². The maximum Gasteiger partial charge on any atom is 0.534 e. The lowest BCUT2D eigenvalue weighted by molar-refractivity contribution is -0.163. The Bertz CT molecular complexity index is 677. The molecule has 1 aliphatic carbocycles. The molecule has 0 N–H and O–H groups in total. The molecule has 3 rings (SSSR count). The summed E-state index contributed by atoms with van der Waals surface area (Å²) in [6, 6.07) is 4.40. The Hall–Kier alpha value is -1.32. The zero-order chi connectivity index (χ0) is 16.0. The highest BCUT2D eigenvalue weighted by molar-refractivity contribution is 7.88. The standard InChI is InChI=1S/C13H13F3O5S/c14-13(15,16)22(17,18)21-11-3-1-2-9-4-5-12(8-10(9)11)19-6-7-20-12/h1-3H,4-8H2. The first kappa shape index (κ1) is 15.6. The molecule has 9 heteroatoms. The zero-order valence-electron chi connectivity index (χ0n) is 11.4. The second-order valence-corrected chi connectivity index (χ2v) is 6.70. The van der Waals surface area contributed by atoms with Crippen LogP contribution in [0.4, 0.5) is 13.2 Å². The molecule has 1 saturated heterocycles. The van der Waals surface area contributed by atoms with E-state index in [1.807, 2.05) is 0 Å². The normalized spacial score (nSPS) is 20.9. The second-order valence-electron chi connectivity index (χ2n) is 5.16. The zero-order valence-corrected chi connectivity index (χ0v) is 12.2. The lowest BCUT2D eigenvalue weighted by Gasteiger charge is -2.33. The summed E-state index contributed by atoms with van der Waals surface area (Å²) < 4.78 is 75.3. The van der Waals surface area contributed by atoms with Crippen LogP contribution in [0.25, 0.3) is 0 Å². The van der Waals surface area contributed by atoms with Gasteiger partial charge >= 0.3 is 15.6 Å². The van der Waals surface area contributed by atoms with Gasteiger partial charge in [0.15, 0.2) is 5.79 Å². The molecule has 0 amide bonds. The van der Waals surface area contributed by atoms with Gasteiger partial charge in [-0.3, -0.25) is 0 Å². The van der Waals surface area contributed by atoms with E-state index in [9.17, 15) is 21.6 Å². The molecular weight excluding hydrogens is 325 g/mol. The number of aryl methyl sites for hydroxylation is 1. The van der Waals surface area contributed by atoms with Gasteiger partial charge in [-0.15, -0.1) is 0 Å². The van der Waals surface area contributed by atoms with Crippen LogP contribution in [0.1, 0.15) is 17.5 Å². The van der Waals surface area contributed by atoms with Crippen LogP contribution in [0.5, 0.6) is 5.75 Å². The summed E-state index contributed by atoms with van der Waals surface area (Å²) in [6.07, 6.45) is 1.24. The minimum Gasteiger partial charge on any atom is -0.376 e. The lowest BCUT2D eigenvalue weighted by atomic mass is 9.87. The smallest absolute Gasteiger partial charge is 0.376 e. The molecule has 1 spiro atoms. The van der Waals surface area contributed by atoms with Crippen molar-refractivity contribution in [1.29, 1.82) is 0 Å². The molecule has 1 aromatic carbocycles. The van der Waals surface area contributed by atoms with Crippen molar-refractivity contribution in [3.8, 4) is 5.75 Å². The van der Waals surface area contributed by atoms with Gasteiger partial charge in [-0.25, -0.2) is 0 Å². The van der Waals surface area contributed by atoms with Gasteiger partial charge in [0.1, 0.15) is 5.75 Å². The molecule has 0 atom stereocenters. The van der Waals surface area contributed by atoms with Gasteiger partial charge in [0.2, 0.25) is 0 Å². The highest BCUT2D eigenvalue weighted by Crippen LogP contribution is 2.40. The summed E-state index contributed by atoms with van der Waals surface area (Å²) in [5, 5.41) is 0. The van der Waals surface area contributed by atoms with Crippen molar-refractivity contribution in [2.24, 2.45) is 0 Å². The Kier molecular flexibility index (Phi) is 3.61. The van der Waals surface area contributed by atoms with Crippen molar-refractivity contribution in [3.05, 3.63) is 29.3 Å². The first-order valence-corrected chi connectivity index (χ1v) is 8.03. The highest BCUT2D eigenvalue weighted by Gasteiger charge is 2.49. The Morgan fingerprint density at radius 3 is 2.50 bits per heavy atom. The Morgan fingerprint density at radius 2 is 1.86 bits per heavy atom. The van der Waals surface area contributed by atoms with E-state index < -0.39 is 21.4 Å². The van der Waals surface area contributed by atoms with E-state index in [0.717, 1.165) is 5.56 Å². The third-order valence-electron chi connectivity index (χ3n) is 3.75. The molecule has 0 saturated carbocycles. The van der Waals surface area contributed by atoms with Gasteiger partial charge < -0.3 is 13.7 Å². The number of alkyl halides is 3. The maximum atomic E-state index is 12.5. The fraction of sp³-hybridized carbons (Fsp3) is 0.538. The number of ether oxygens (including phenoxy) is 2. The Labute approximate surface area is 125 Å². The van der Waals surface area contributed by atoms with E-state index in [4.69, 9.17) is 9.47 Å². The lowest BCUT2D eigenvalue weighted by Crippen LogP contribution is -2.37. The largest absolute Gasteiger partial charge is 0.534 e. The van der Waals surface area contributed by atoms with Gasteiger partial charge in [-0.05, 0) is 18.1 Å². The summed E-state index contributed by atoms with van der Waals surface area (Å²) in [6.45, 7) is 0.804. The summed E-state index contributed by atoms with van der Waals surface area (Å²) in [5.74, 6) is -1.22. The van der Waals surface area contributed by atoms with Gasteiger partial charge in [-0.1, -0.05) is 12.1 Å². The molecule has 2 aliphatic rings. The molecule has 5 nitrogen and oxygen atoms in total. The third kappa shape index (κ3) is 2.68. The van der Waals surface area contributed by atoms with Crippen molar-refractivity contribution in [2.45, 2.75) is 30.6 Å². The topological polar surface area (TPSA) is 61.8 Å². The molecule has 1 heterocycles. The van der Waals surface area contributed by atoms with Crippen LogP contribution in [0.15, 0.2) is 18.2 Å². The third-order valence-corrected chi connectivity index (χ3v) is 4.71. The molecule has 0 aromatic heterocycles. The van der Waals surface area contributed by atoms with E-state index in [-0.39, 0.29) is 12.2 Å². The number of rotatable bonds is 2. The van der Waals surface area contributed by atoms with E-state index >= 15 is 0 Å². The number of hydrogen-bond donors (Lipinski definition) is 0. The van der Waals surface area contributed by atoms with E-state index in [1.165, 1.54) is 12.1 Å². The number of hydrogen-bond acceptors (Lipinski definition) is 5. The average Bonchev–Trinajstić information content (AvgIpc) is 2.86. The minimum atomic E-state index is -5.70. The molecular formula is C13H13F3O5S. The van der Waals surface area contributed by atoms with Crippen LogP contribution in [0, 0.1) is 0 Å².